The van der Waals surface area contributed by atoms with Crippen LogP contribution in [0.2, 0.25) is 0 Å². The quantitative estimate of drug-likeness (QED) is 0.910. The van der Waals surface area contributed by atoms with Crippen molar-refractivity contribution >= 4 is 27.8 Å². The summed E-state index contributed by atoms with van der Waals surface area (Å²) in [7, 11) is 0. The molecule has 1 aromatic carbocycles. The van der Waals surface area contributed by atoms with Crippen LogP contribution in [0.25, 0.3) is 0 Å². The molecule has 5 heteroatoms. The van der Waals surface area contributed by atoms with E-state index in [9.17, 15) is 14.7 Å². The van der Waals surface area contributed by atoms with E-state index in [1.807, 2.05) is 18.2 Å². The van der Waals surface area contributed by atoms with E-state index < -0.39 is 11.4 Å². The highest BCUT2D eigenvalue weighted by molar-refractivity contribution is 9.10. The fourth-order valence-electron chi connectivity index (χ4n) is 3.13. The molecule has 1 aromatic rings. The highest BCUT2D eigenvalue weighted by atomic mass is 79.9. The van der Waals surface area contributed by atoms with Crippen LogP contribution >= 0.6 is 15.9 Å². The van der Waals surface area contributed by atoms with Crippen LogP contribution in [0.1, 0.15) is 31.2 Å². The summed E-state index contributed by atoms with van der Waals surface area (Å²) in [6.45, 7) is 2.62. The summed E-state index contributed by atoms with van der Waals surface area (Å²) < 4.78 is 1.03. The topological polar surface area (TPSA) is 57.6 Å². The number of hydrogen-bond donors (Lipinski definition) is 1. The zero-order valence-corrected chi connectivity index (χ0v) is 13.5. The Morgan fingerprint density at radius 3 is 2.81 bits per heavy atom. The van der Waals surface area contributed by atoms with Gasteiger partial charge in [-0.2, -0.15) is 0 Å². The molecule has 112 valence electrons. The second-order valence-electron chi connectivity index (χ2n) is 6.38. The fraction of sp³-hybridized carbons (Fsp3) is 0.500. The van der Waals surface area contributed by atoms with Gasteiger partial charge in [-0.25, -0.2) is 0 Å². The Hall–Kier alpha value is -1.36. The number of amides is 1. The number of aliphatic carboxylic acids is 1. The molecule has 0 radical (unpaired) electrons. The maximum absolute atomic E-state index is 12.5. The smallest absolute Gasteiger partial charge is 0.311 e. The Labute approximate surface area is 132 Å². The van der Waals surface area contributed by atoms with Gasteiger partial charge in [0.05, 0.1) is 5.41 Å². The zero-order valence-electron chi connectivity index (χ0n) is 11.9. The summed E-state index contributed by atoms with van der Waals surface area (Å²) in [5.74, 6) is -0.385. The SMILES string of the molecule is C[C@]1(C(=O)O)CCN(C(=O)[C@H]2C[C@@H]2c2cccc(Br)c2)C1. The molecular formula is C16H18BrNO3. The predicted molar refractivity (Wildman–Crippen MR) is 81.9 cm³/mol. The minimum Gasteiger partial charge on any atom is -0.481 e. The molecule has 2 aliphatic rings. The minimum absolute atomic E-state index is 0.0236. The number of carbonyl (C=O) groups excluding carboxylic acids is 1. The number of carboxylic acid groups (broad SMARTS) is 1. The summed E-state index contributed by atoms with van der Waals surface area (Å²) in [5, 5.41) is 9.24. The van der Waals surface area contributed by atoms with Crippen molar-refractivity contribution in [1.82, 2.24) is 4.90 Å². The standard InChI is InChI=1S/C16H18BrNO3/c1-16(15(20)21)5-6-18(9-16)14(19)13-8-12(13)10-3-2-4-11(17)7-10/h2-4,7,12-13H,5-6,8-9H2,1H3,(H,20,21)/t12-,13+,16+/m1/s1. The molecule has 3 atom stereocenters. The van der Waals surface area contributed by atoms with Crippen molar-refractivity contribution in [3.05, 3.63) is 34.3 Å². The monoisotopic (exact) mass is 351 g/mol. The molecule has 0 spiro atoms. The maximum Gasteiger partial charge on any atom is 0.311 e. The molecule has 1 saturated heterocycles. The van der Waals surface area contributed by atoms with Crippen LogP contribution in [0, 0.1) is 11.3 Å². The van der Waals surface area contributed by atoms with E-state index in [1.165, 1.54) is 5.56 Å². The average molecular weight is 352 g/mol. The van der Waals surface area contributed by atoms with Gasteiger partial charge in [0.2, 0.25) is 5.91 Å². The third kappa shape index (κ3) is 2.71. The Morgan fingerprint density at radius 1 is 1.43 bits per heavy atom. The molecule has 4 nitrogen and oxygen atoms in total. The molecule has 1 amide bonds. The predicted octanol–water partition coefficient (Wildman–Crippen LogP) is 2.88. The molecule has 0 unspecified atom stereocenters. The normalized spacial score (nSPS) is 31.2. The lowest BCUT2D eigenvalue weighted by molar-refractivity contribution is -0.147. The summed E-state index contributed by atoms with van der Waals surface area (Å²) in [6.07, 6.45) is 1.41. The van der Waals surface area contributed by atoms with Crippen molar-refractivity contribution in [3.63, 3.8) is 0 Å². The molecule has 1 N–H and O–H groups in total. The molecule has 0 aromatic heterocycles. The lowest BCUT2D eigenvalue weighted by Gasteiger charge is -2.20. The minimum atomic E-state index is -0.808. The van der Waals surface area contributed by atoms with E-state index in [0.717, 1.165) is 10.9 Å². The largest absolute Gasteiger partial charge is 0.481 e. The van der Waals surface area contributed by atoms with Crippen molar-refractivity contribution in [1.29, 1.82) is 0 Å². The number of halogens is 1. The van der Waals surface area contributed by atoms with Gasteiger partial charge in [0, 0.05) is 23.5 Å². The van der Waals surface area contributed by atoms with Crippen LogP contribution in [0.5, 0.6) is 0 Å². The number of benzene rings is 1. The van der Waals surface area contributed by atoms with Crippen molar-refractivity contribution in [2.24, 2.45) is 11.3 Å². The molecule has 1 heterocycles. The summed E-state index contributed by atoms with van der Waals surface area (Å²) in [5.41, 5.74) is 0.401. The second-order valence-corrected chi connectivity index (χ2v) is 7.29. The van der Waals surface area contributed by atoms with E-state index in [0.29, 0.717) is 19.5 Å². The number of rotatable bonds is 3. The van der Waals surface area contributed by atoms with Gasteiger partial charge in [-0.1, -0.05) is 28.1 Å². The molecule has 1 saturated carbocycles. The van der Waals surface area contributed by atoms with E-state index >= 15 is 0 Å². The summed E-state index contributed by atoms with van der Waals surface area (Å²) in [4.78, 5) is 25.5. The van der Waals surface area contributed by atoms with Gasteiger partial charge in [0.1, 0.15) is 0 Å². The zero-order chi connectivity index (χ0) is 15.2. The van der Waals surface area contributed by atoms with Gasteiger partial charge in [-0.3, -0.25) is 9.59 Å². The van der Waals surface area contributed by atoms with Gasteiger partial charge < -0.3 is 10.0 Å². The van der Waals surface area contributed by atoms with Crippen LogP contribution in [-0.4, -0.2) is 35.0 Å². The third-order valence-electron chi connectivity index (χ3n) is 4.69. The van der Waals surface area contributed by atoms with Crippen LogP contribution in [0.15, 0.2) is 28.7 Å². The first-order valence-electron chi connectivity index (χ1n) is 7.18. The van der Waals surface area contributed by atoms with Crippen LogP contribution in [-0.2, 0) is 9.59 Å². The Kier molecular flexibility index (Phi) is 3.56. The summed E-state index contributed by atoms with van der Waals surface area (Å²) in [6, 6.07) is 8.06. The Morgan fingerprint density at radius 2 is 2.19 bits per heavy atom. The van der Waals surface area contributed by atoms with Gasteiger partial charge in [0.25, 0.3) is 0 Å². The molecular weight excluding hydrogens is 334 g/mol. The highest BCUT2D eigenvalue weighted by Crippen LogP contribution is 2.49. The first-order valence-corrected chi connectivity index (χ1v) is 7.98. The van der Waals surface area contributed by atoms with Gasteiger partial charge in [-0.05, 0) is 43.4 Å². The summed E-state index contributed by atoms with van der Waals surface area (Å²) >= 11 is 3.45. The average Bonchev–Trinajstić information content (AvgIpc) is 3.14. The number of carbonyl (C=O) groups is 2. The molecule has 21 heavy (non-hydrogen) atoms. The second kappa shape index (κ2) is 5.13. The molecule has 1 aliphatic carbocycles. The van der Waals surface area contributed by atoms with Gasteiger partial charge in [-0.15, -0.1) is 0 Å². The number of carboxylic acids is 1. The first-order chi connectivity index (χ1) is 9.90. The van der Waals surface area contributed by atoms with E-state index in [4.69, 9.17) is 0 Å². The van der Waals surface area contributed by atoms with Crippen molar-refractivity contribution < 1.29 is 14.7 Å². The third-order valence-corrected chi connectivity index (χ3v) is 5.18. The molecule has 1 aliphatic heterocycles. The lowest BCUT2D eigenvalue weighted by Crippen LogP contribution is -2.35. The Bertz CT molecular complexity index is 603. The fourth-order valence-corrected chi connectivity index (χ4v) is 3.55. The van der Waals surface area contributed by atoms with Crippen LogP contribution in [0.4, 0.5) is 0 Å². The number of hydrogen-bond acceptors (Lipinski definition) is 2. The van der Waals surface area contributed by atoms with Crippen molar-refractivity contribution in [2.75, 3.05) is 13.1 Å². The number of nitrogens with zero attached hydrogens (tertiary/aromatic N) is 1. The van der Waals surface area contributed by atoms with E-state index in [2.05, 4.69) is 22.0 Å². The highest BCUT2D eigenvalue weighted by Gasteiger charge is 2.49. The lowest BCUT2D eigenvalue weighted by atomic mass is 9.90. The first kappa shape index (κ1) is 14.6. The van der Waals surface area contributed by atoms with Crippen LogP contribution in [0.3, 0.4) is 0 Å². The van der Waals surface area contributed by atoms with Crippen molar-refractivity contribution in [2.45, 2.75) is 25.7 Å². The van der Waals surface area contributed by atoms with Gasteiger partial charge >= 0.3 is 5.97 Å². The molecule has 2 fully saturated rings. The maximum atomic E-state index is 12.5. The number of likely N-dealkylation sites (tertiary alicyclic amines) is 1. The Balaban J connectivity index is 1.65. The van der Waals surface area contributed by atoms with Crippen molar-refractivity contribution in [3.8, 4) is 0 Å². The van der Waals surface area contributed by atoms with E-state index in [-0.39, 0.29) is 17.7 Å². The molecule has 3 rings (SSSR count). The molecule has 0 bridgehead atoms. The van der Waals surface area contributed by atoms with Gasteiger partial charge in [0.15, 0.2) is 0 Å². The van der Waals surface area contributed by atoms with Crippen LogP contribution < -0.4 is 0 Å². The van der Waals surface area contributed by atoms with E-state index in [1.54, 1.807) is 11.8 Å².